The zero-order chi connectivity index (χ0) is 17.8. The molecule has 2 aromatic carbocycles. The van der Waals surface area contributed by atoms with Crippen molar-refractivity contribution in [3.05, 3.63) is 59.2 Å². The van der Waals surface area contributed by atoms with Crippen LogP contribution in [0.2, 0.25) is 0 Å². The van der Waals surface area contributed by atoms with Crippen LogP contribution in [0.15, 0.2) is 42.5 Å². The summed E-state index contributed by atoms with van der Waals surface area (Å²) in [6, 6.07) is 12.9. The molecule has 0 spiro atoms. The van der Waals surface area contributed by atoms with Crippen molar-refractivity contribution < 1.29 is 10.2 Å². The molecule has 0 aliphatic heterocycles. The van der Waals surface area contributed by atoms with Gasteiger partial charge in [0.05, 0.1) is 0 Å². The summed E-state index contributed by atoms with van der Waals surface area (Å²) >= 11 is 0. The first-order chi connectivity index (χ1) is 11.5. The van der Waals surface area contributed by atoms with Gasteiger partial charge in [-0.2, -0.15) is 0 Å². The van der Waals surface area contributed by atoms with Gasteiger partial charge in [-0.25, -0.2) is 0 Å². The van der Waals surface area contributed by atoms with Crippen molar-refractivity contribution in [2.24, 2.45) is 0 Å². The molecule has 0 atom stereocenters. The normalized spacial score (nSPS) is 10.1. The Hall–Kier alpha value is -1.96. The van der Waals surface area contributed by atoms with Gasteiger partial charge in [0.25, 0.3) is 0 Å². The Bertz CT molecular complexity index is 573. The van der Waals surface area contributed by atoms with E-state index in [-0.39, 0.29) is 0 Å². The Morgan fingerprint density at radius 2 is 1.25 bits per heavy atom. The molecule has 2 rings (SSSR count). The van der Waals surface area contributed by atoms with Crippen LogP contribution in [0.1, 0.15) is 62.1 Å². The fourth-order valence-corrected chi connectivity index (χ4v) is 2.50. The fourth-order valence-electron chi connectivity index (χ4n) is 2.50. The van der Waals surface area contributed by atoms with Crippen LogP contribution in [-0.4, -0.2) is 10.2 Å². The minimum absolute atomic E-state index is 0.345. The molecule has 0 radical (unpaired) electrons. The number of phenolic OH excluding ortho intramolecular Hbond substituents is 2. The van der Waals surface area contributed by atoms with Crippen LogP contribution < -0.4 is 0 Å². The summed E-state index contributed by atoms with van der Waals surface area (Å²) in [5.74, 6) is 0.708. The third kappa shape index (κ3) is 8.61. The summed E-state index contributed by atoms with van der Waals surface area (Å²) < 4.78 is 0. The van der Waals surface area contributed by atoms with E-state index in [1.54, 1.807) is 24.3 Å². The molecule has 2 N–H and O–H groups in total. The summed E-state index contributed by atoms with van der Waals surface area (Å²) in [7, 11) is 0. The highest BCUT2D eigenvalue weighted by Gasteiger charge is 1.94. The predicted octanol–water partition coefficient (Wildman–Crippen LogP) is 6.30. The maximum Gasteiger partial charge on any atom is 0.115 e. The van der Waals surface area contributed by atoms with Crippen molar-refractivity contribution in [1.82, 2.24) is 0 Å². The molecule has 0 amide bonds. The first kappa shape index (κ1) is 20.1. The van der Waals surface area contributed by atoms with Gasteiger partial charge in [0.15, 0.2) is 0 Å². The molecular weight excluding hydrogens is 296 g/mol. The van der Waals surface area contributed by atoms with Gasteiger partial charge < -0.3 is 10.2 Å². The molecule has 24 heavy (non-hydrogen) atoms. The Morgan fingerprint density at radius 3 is 1.83 bits per heavy atom. The van der Waals surface area contributed by atoms with Gasteiger partial charge in [0.2, 0.25) is 0 Å². The van der Waals surface area contributed by atoms with E-state index in [0.717, 1.165) is 12.0 Å². The molecule has 2 aromatic rings. The highest BCUT2D eigenvalue weighted by atomic mass is 16.3. The van der Waals surface area contributed by atoms with Crippen LogP contribution >= 0.6 is 0 Å². The average Bonchev–Trinajstić information content (AvgIpc) is 2.57. The zero-order valence-corrected chi connectivity index (χ0v) is 15.4. The van der Waals surface area contributed by atoms with Crippen molar-refractivity contribution in [1.29, 1.82) is 0 Å². The van der Waals surface area contributed by atoms with E-state index >= 15 is 0 Å². The highest BCUT2D eigenvalue weighted by Crippen LogP contribution is 2.14. The van der Waals surface area contributed by atoms with E-state index in [1.165, 1.54) is 49.7 Å². The summed E-state index contributed by atoms with van der Waals surface area (Å²) in [6.07, 6.45) is 9.19. The molecule has 0 aromatic heterocycles. The van der Waals surface area contributed by atoms with Crippen LogP contribution in [0.3, 0.4) is 0 Å². The van der Waals surface area contributed by atoms with Crippen LogP contribution in [-0.2, 0) is 6.42 Å². The molecule has 0 heterocycles. The van der Waals surface area contributed by atoms with Crippen LogP contribution in [0.4, 0.5) is 0 Å². The van der Waals surface area contributed by atoms with Gasteiger partial charge in [-0.05, 0) is 67.6 Å². The minimum Gasteiger partial charge on any atom is -0.508 e. The van der Waals surface area contributed by atoms with Gasteiger partial charge in [-0.1, -0.05) is 57.2 Å². The molecule has 132 valence electrons. The Morgan fingerprint density at radius 1 is 0.667 bits per heavy atom. The van der Waals surface area contributed by atoms with Crippen molar-refractivity contribution in [3.63, 3.8) is 0 Å². The molecule has 0 fully saturated rings. The number of phenols is 2. The van der Waals surface area contributed by atoms with Gasteiger partial charge in [-0.3, -0.25) is 0 Å². The predicted molar refractivity (Wildman–Crippen MR) is 103 cm³/mol. The van der Waals surface area contributed by atoms with Crippen LogP contribution in [0.5, 0.6) is 11.5 Å². The standard InChI is InChI=1S/C14H22O.C8H10O/c1-2-3-4-5-6-7-8-13-9-11-14(15)12-10-13;1-6-3-4-8(9)5-7(6)2/h9-12,15H,2-8H2,1H3;3-5,9H,1-2H3. The smallest absolute Gasteiger partial charge is 0.115 e. The number of hydrogen-bond acceptors (Lipinski definition) is 2. The number of benzene rings is 2. The topological polar surface area (TPSA) is 40.5 Å². The lowest BCUT2D eigenvalue weighted by Gasteiger charge is -2.02. The van der Waals surface area contributed by atoms with Gasteiger partial charge in [0.1, 0.15) is 11.5 Å². The molecule has 0 bridgehead atoms. The van der Waals surface area contributed by atoms with Crippen molar-refractivity contribution in [3.8, 4) is 11.5 Å². The quantitative estimate of drug-likeness (QED) is 0.585. The van der Waals surface area contributed by atoms with E-state index in [4.69, 9.17) is 10.2 Å². The largest absolute Gasteiger partial charge is 0.508 e. The second-order valence-electron chi connectivity index (χ2n) is 6.45. The maximum atomic E-state index is 9.13. The molecule has 0 unspecified atom stereocenters. The maximum absolute atomic E-state index is 9.13. The Kier molecular flexibility index (Phi) is 9.67. The molecule has 2 nitrogen and oxygen atoms in total. The Labute approximate surface area is 147 Å². The third-order valence-corrected chi connectivity index (χ3v) is 4.25. The van der Waals surface area contributed by atoms with E-state index in [1.807, 2.05) is 32.0 Å². The number of hydrogen-bond donors (Lipinski definition) is 2. The summed E-state index contributed by atoms with van der Waals surface area (Å²) in [4.78, 5) is 0. The minimum atomic E-state index is 0.345. The third-order valence-electron chi connectivity index (χ3n) is 4.25. The molecular formula is C22H32O2. The molecule has 0 saturated carbocycles. The second-order valence-corrected chi connectivity index (χ2v) is 6.45. The fraction of sp³-hybridized carbons (Fsp3) is 0.455. The lowest BCUT2D eigenvalue weighted by atomic mass is 10.1. The average molecular weight is 328 g/mol. The highest BCUT2D eigenvalue weighted by molar-refractivity contribution is 5.32. The molecule has 0 saturated heterocycles. The van der Waals surface area contributed by atoms with Gasteiger partial charge in [0, 0.05) is 0 Å². The van der Waals surface area contributed by atoms with Crippen molar-refractivity contribution in [2.45, 2.75) is 65.7 Å². The number of rotatable bonds is 7. The van der Waals surface area contributed by atoms with Crippen LogP contribution in [0, 0.1) is 13.8 Å². The number of aromatic hydroxyl groups is 2. The lowest BCUT2D eigenvalue weighted by molar-refractivity contribution is 0.474. The Balaban J connectivity index is 0.000000272. The first-order valence-corrected chi connectivity index (χ1v) is 9.07. The second kappa shape index (κ2) is 11.6. The molecule has 0 aliphatic rings. The van der Waals surface area contributed by atoms with E-state index < -0.39 is 0 Å². The van der Waals surface area contributed by atoms with Crippen molar-refractivity contribution >= 4 is 0 Å². The summed E-state index contributed by atoms with van der Waals surface area (Å²) in [6.45, 7) is 6.25. The summed E-state index contributed by atoms with van der Waals surface area (Å²) in [5.41, 5.74) is 3.69. The zero-order valence-electron chi connectivity index (χ0n) is 15.4. The number of unbranched alkanes of at least 4 members (excludes halogenated alkanes) is 5. The van der Waals surface area contributed by atoms with Crippen LogP contribution in [0.25, 0.3) is 0 Å². The van der Waals surface area contributed by atoms with Gasteiger partial charge >= 0.3 is 0 Å². The molecule has 2 heteroatoms. The van der Waals surface area contributed by atoms with E-state index in [2.05, 4.69) is 6.92 Å². The summed E-state index contributed by atoms with van der Waals surface area (Å²) in [5, 5.41) is 18.1. The first-order valence-electron chi connectivity index (χ1n) is 9.07. The monoisotopic (exact) mass is 328 g/mol. The van der Waals surface area contributed by atoms with Crippen molar-refractivity contribution in [2.75, 3.05) is 0 Å². The number of aryl methyl sites for hydroxylation is 3. The van der Waals surface area contributed by atoms with E-state index in [0.29, 0.717) is 11.5 Å². The SMILES string of the molecule is CCCCCCCCc1ccc(O)cc1.Cc1ccc(O)cc1C. The van der Waals surface area contributed by atoms with E-state index in [9.17, 15) is 0 Å². The van der Waals surface area contributed by atoms with Gasteiger partial charge in [-0.15, -0.1) is 0 Å². The molecule has 0 aliphatic carbocycles. The lowest BCUT2D eigenvalue weighted by Crippen LogP contribution is -1.85.